The van der Waals surface area contributed by atoms with Gasteiger partial charge in [0.1, 0.15) is 5.00 Å². The predicted molar refractivity (Wildman–Crippen MR) is 117 cm³/mol. The molecule has 3 N–H and O–H groups in total. The topological polar surface area (TPSA) is 112 Å². The van der Waals surface area contributed by atoms with E-state index >= 15 is 0 Å². The highest BCUT2D eigenvalue weighted by Gasteiger charge is 2.24. The smallest absolute Gasteiger partial charge is 0.352 e. The van der Waals surface area contributed by atoms with Gasteiger partial charge in [0.25, 0.3) is 0 Å². The second kappa shape index (κ2) is 9.66. The molecule has 1 amide bonds. The number of carbonyl (C=O) groups excluding carboxylic acids is 2. The molecule has 1 heterocycles. The van der Waals surface area contributed by atoms with Gasteiger partial charge in [0.15, 0.2) is 16.3 Å². The molecule has 154 valence electrons. The van der Waals surface area contributed by atoms with Crippen LogP contribution in [0.1, 0.15) is 23.5 Å². The Morgan fingerprint density at radius 1 is 1.03 bits per heavy atom. The van der Waals surface area contributed by atoms with Gasteiger partial charge in [-0.05, 0) is 43.3 Å². The Kier molecular flexibility index (Phi) is 6.76. The van der Waals surface area contributed by atoms with E-state index in [1.165, 1.54) is 6.92 Å². The Hall–Kier alpha value is -3.72. The number of ether oxygens (including phenoxy) is 1. The molecule has 9 heteroatoms. The van der Waals surface area contributed by atoms with Gasteiger partial charge in [-0.1, -0.05) is 18.2 Å². The molecular formula is C21H20N4O4S. The molecule has 0 fully saturated rings. The molecule has 0 saturated heterocycles. The largest absolute Gasteiger partial charge is 0.504 e. The third kappa shape index (κ3) is 5.21. The number of rotatable bonds is 7. The van der Waals surface area contributed by atoms with Crippen LogP contribution in [-0.4, -0.2) is 23.6 Å². The molecule has 0 spiro atoms. The Labute approximate surface area is 177 Å². The summed E-state index contributed by atoms with van der Waals surface area (Å²) < 4.78 is 5.01. The van der Waals surface area contributed by atoms with Crippen LogP contribution in [-0.2, 0) is 9.53 Å². The zero-order valence-corrected chi connectivity index (χ0v) is 17.2. The van der Waals surface area contributed by atoms with Crippen molar-refractivity contribution in [3.8, 4) is 5.75 Å². The molecule has 1 aromatic heterocycles. The Balaban J connectivity index is 1.92. The van der Waals surface area contributed by atoms with Crippen molar-refractivity contribution >= 4 is 51.0 Å². The maximum atomic E-state index is 12.2. The predicted octanol–water partition coefficient (Wildman–Crippen LogP) is 5.75. The van der Waals surface area contributed by atoms with E-state index in [-0.39, 0.29) is 28.8 Å². The van der Waals surface area contributed by atoms with Crippen LogP contribution in [0.15, 0.2) is 64.8 Å². The summed E-state index contributed by atoms with van der Waals surface area (Å²) in [5.74, 6) is -1.09. The molecule has 0 aliphatic heterocycles. The van der Waals surface area contributed by atoms with Crippen LogP contribution < -0.4 is 10.6 Å². The lowest BCUT2D eigenvalue weighted by Crippen LogP contribution is -2.04. The lowest BCUT2D eigenvalue weighted by Gasteiger charge is -2.04. The minimum atomic E-state index is -0.628. The number of aromatic hydroxyl groups is 1. The summed E-state index contributed by atoms with van der Waals surface area (Å²) in [5, 5.41) is 25.1. The second-order valence-corrected chi connectivity index (χ2v) is 7.12. The van der Waals surface area contributed by atoms with Crippen LogP contribution in [0.4, 0.5) is 27.8 Å². The number of benzene rings is 2. The van der Waals surface area contributed by atoms with E-state index in [9.17, 15) is 14.7 Å². The summed E-state index contributed by atoms with van der Waals surface area (Å²) >= 11 is 1.04. The van der Waals surface area contributed by atoms with Crippen LogP contribution in [0.3, 0.4) is 0 Å². The van der Waals surface area contributed by atoms with E-state index in [1.807, 2.05) is 30.3 Å². The molecule has 0 bridgehead atoms. The molecule has 0 aliphatic carbocycles. The monoisotopic (exact) mass is 424 g/mol. The summed E-state index contributed by atoms with van der Waals surface area (Å²) in [7, 11) is 0. The third-order valence-electron chi connectivity index (χ3n) is 3.80. The number of thiophene rings is 1. The van der Waals surface area contributed by atoms with Crippen molar-refractivity contribution in [3.63, 3.8) is 0 Å². The molecule has 2 aromatic carbocycles. The van der Waals surface area contributed by atoms with E-state index in [0.29, 0.717) is 16.4 Å². The van der Waals surface area contributed by atoms with Crippen molar-refractivity contribution in [1.29, 1.82) is 0 Å². The summed E-state index contributed by atoms with van der Waals surface area (Å²) in [5.41, 5.74) is 2.05. The fourth-order valence-electron chi connectivity index (χ4n) is 2.50. The number of nitrogens with zero attached hydrogens (tertiary/aromatic N) is 2. The molecule has 8 nitrogen and oxygen atoms in total. The molecule has 3 rings (SSSR count). The maximum absolute atomic E-state index is 12.2. The molecular weight excluding hydrogens is 404 g/mol. The SMILES string of the molecule is CCOC(=O)c1sc(Nc2ccccc2)c(N=Nc2ccc(NC(C)=O)cc2)c1O. The van der Waals surface area contributed by atoms with Crippen LogP contribution in [0, 0.1) is 0 Å². The maximum Gasteiger partial charge on any atom is 0.352 e. The van der Waals surface area contributed by atoms with Gasteiger partial charge in [-0.3, -0.25) is 4.79 Å². The number of carbonyl (C=O) groups is 2. The lowest BCUT2D eigenvalue weighted by molar-refractivity contribution is -0.114. The quantitative estimate of drug-likeness (QED) is 0.330. The lowest BCUT2D eigenvalue weighted by atomic mass is 10.3. The Morgan fingerprint density at radius 2 is 1.73 bits per heavy atom. The summed E-state index contributed by atoms with van der Waals surface area (Å²) in [6.45, 7) is 3.31. The van der Waals surface area contributed by atoms with Crippen molar-refractivity contribution in [2.24, 2.45) is 10.2 Å². The van der Waals surface area contributed by atoms with Crippen LogP contribution in [0.25, 0.3) is 0 Å². The molecule has 0 atom stereocenters. The minimum absolute atomic E-state index is 0.0465. The van der Waals surface area contributed by atoms with Gasteiger partial charge in [-0.25, -0.2) is 4.79 Å². The average Bonchev–Trinajstić information content (AvgIpc) is 3.03. The van der Waals surface area contributed by atoms with Gasteiger partial charge < -0.3 is 20.5 Å². The molecule has 0 unspecified atom stereocenters. The number of hydrogen-bond donors (Lipinski definition) is 3. The van der Waals surface area contributed by atoms with Crippen LogP contribution in [0.2, 0.25) is 0 Å². The normalized spacial score (nSPS) is 10.7. The summed E-state index contributed by atoms with van der Waals surface area (Å²) in [6.07, 6.45) is 0. The number of hydrogen-bond acceptors (Lipinski definition) is 8. The van der Waals surface area contributed by atoms with Gasteiger partial charge >= 0.3 is 5.97 Å². The van der Waals surface area contributed by atoms with Crippen molar-refractivity contribution in [3.05, 3.63) is 59.5 Å². The minimum Gasteiger partial charge on any atom is -0.504 e. The molecule has 0 radical (unpaired) electrons. The van der Waals surface area contributed by atoms with E-state index in [1.54, 1.807) is 31.2 Å². The van der Waals surface area contributed by atoms with E-state index in [0.717, 1.165) is 17.0 Å². The van der Waals surface area contributed by atoms with Crippen molar-refractivity contribution in [1.82, 2.24) is 0 Å². The fourth-order valence-corrected chi connectivity index (χ4v) is 3.44. The van der Waals surface area contributed by atoms with Crippen molar-refractivity contribution in [2.75, 3.05) is 17.2 Å². The number of anilines is 3. The highest BCUT2D eigenvalue weighted by molar-refractivity contribution is 7.19. The average molecular weight is 424 g/mol. The molecule has 3 aromatic rings. The van der Waals surface area contributed by atoms with E-state index in [2.05, 4.69) is 20.9 Å². The van der Waals surface area contributed by atoms with E-state index < -0.39 is 5.97 Å². The van der Waals surface area contributed by atoms with Crippen molar-refractivity contribution < 1.29 is 19.4 Å². The first-order valence-corrected chi connectivity index (χ1v) is 9.94. The molecule has 0 saturated carbocycles. The van der Waals surface area contributed by atoms with Crippen molar-refractivity contribution in [2.45, 2.75) is 13.8 Å². The van der Waals surface area contributed by atoms with E-state index in [4.69, 9.17) is 4.74 Å². The highest BCUT2D eigenvalue weighted by Crippen LogP contribution is 2.47. The number of azo groups is 1. The van der Waals surface area contributed by atoms with Gasteiger partial charge in [0.2, 0.25) is 5.91 Å². The number of amides is 1. The molecule has 30 heavy (non-hydrogen) atoms. The third-order valence-corrected chi connectivity index (χ3v) is 4.87. The first kappa shape index (κ1) is 21.0. The zero-order valence-electron chi connectivity index (χ0n) is 16.4. The van der Waals surface area contributed by atoms with Gasteiger partial charge in [0.05, 0.1) is 12.3 Å². The molecule has 0 aliphatic rings. The number of para-hydroxylation sites is 1. The van der Waals surface area contributed by atoms with Crippen LogP contribution >= 0.6 is 11.3 Å². The highest BCUT2D eigenvalue weighted by atomic mass is 32.1. The van der Waals surface area contributed by atoms with Gasteiger partial charge in [-0.2, -0.15) is 5.11 Å². The van der Waals surface area contributed by atoms with Gasteiger partial charge in [-0.15, -0.1) is 16.5 Å². The van der Waals surface area contributed by atoms with Gasteiger partial charge in [0, 0.05) is 18.3 Å². The second-order valence-electron chi connectivity index (χ2n) is 6.10. The van der Waals surface area contributed by atoms with Crippen LogP contribution in [0.5, 0.6) is 5.75 Å². The number of nitrogens with one attached hydrogen (secondary N) is 2. The Morgan fingerprint density at radius 3 is 2.37 bits per heavy atom. The fraction of sp³-hybridized carbons (Fsp3) is 0.143. The summed E-state index contributed by atoms with van der Waals surface area (Å²) in [6, 6.07) is 16.0. The zero-order chi connectivity index (χ0) is 21.5. The Bertz CT molecular complexity index is 1060. The first-order valence-electron chi connectivity index (χ1n) is 9.12. The number of esters is 1. The first-order chi connectivity index (χ1) is 14.5. The standard InChI is InChI=1S/C21H20N4O4S/c1-3-29-21(28)19-18(27)17(20(30-19)23-14-7-5-4-6-8-14)25-24-16-11-9-15(10-12-16)22-13(2)26/h4-12,23,27H,3H2,1-2H3,(H,22,26). The summed E-state index contributed by atoms with van der Waals surface area (Å²) in [4.78, 5) is 23.3.